The molecule has 3 atom stereocenters. The summed E-state index contributed by atoms with van der Waals surface area (Å²) >= 11 is 3.90. The molecule has 2 aliphatic carbocycles. The Bertz CT molecular complexity index is 376. The number of hydrogen-bond donors (Lipinski definition) is 0. The van der Waals surface area contributed by atoms with Crippen molar-refractivity contribution in [1.82, 2.24) is 0 Å². The summed E-state index contributed by atoms with van der Waals surface area (Å²) in [5.74, 6) is 3.98. The van der Waals surface area contributed by atoms with Crippen LogP contribution in [0.3, 0.4) is 0 Å². The van der Waals surface area contributed by atoms with Gasteiger partial charge in [0.2, 0.25) is 0 Å². The van der Waals surface area contributed by atoms with Gasteiger partial charge in [-0.05, 0) is 54.7 Å². The molecule has 2 saturated carbocycles. The number of alkyl halides is 1. The highest BCUT2D eigenvalue weighted by molar-refractivity contribution is 9.09. The lowest BCUT2D eigenvalue weighted by Crippen LogP contribution is -2.09. The summed E-state index contributed by atoms with van der Waals surface area (Å²) in [5.41, 5.74) is 1.41. The van der Waals surface area contributed by atoms with Crippen LogP contribution >= 0.6 is 15.9 Å². The maximum Gasteiger partial charge on any atom is 0.118 e. The molecule has 2 aliphatic rings. The molecule has 3 unspecified atom stereocenters. The van der Waals surface area contributed by atoms with Crippen LogP contribution in [0.1, 0.15) is 24.8 Å². The van der Waals surface area contributed by atoms with Crippen LogP contribution in [-0.4, -0.2) is 11.9 Å². The van der Waals surface area contributed by atoms with E-state index in [1.807, 2.05) is 0 Å². The quantitative estimate of drug-likeness (QED) is 0.762. The first-order valence-corrected chi connectivity index (χ1v) is 7.48. The third kappa shape index (κ3) is 2.24. The first kappa shape index (κ1) is 11.6. The Kier molecular flexibility index (Phi) is 3.16. The van der Waals surface area contributed by atoms with Crippen molar-refractivity contribution in [2.24, 2.45) is 17.8 Å². The number of fused-ring (bicyclic) bond motifs is 1. The van der Waals surface area contributed by atoms with E-state index in [-0.39, 0.29) is 0 Å². The predicted octanol–water partition coefficient (Wildman–Crippen LogP) is 4.05. The third-order valence-corrected chi connectivity index (χ3v) is 5.41. The van der Waals surface area contributed by atoms with E-state index in [1.165, 1.54) is 24.8 Å². The van der Waals surface area contributed by atoms with Crippen molar-refractivity contribution in [2.75, 3.05) is 7.11 Å². The Morgan fingerprint density at radius 3 is 2.47 bits per heavy atom. The standard InChI is InChI=1S/C15H19BrO/c1-17-11-7-5-10(6-8-11)9-14(16)15-12-3-2-4-13(12)15/h5-8,12-15H,2-4,9H2,1H3. The highest BCUT2D eigenvalue weighted by Crippen LogP contribution is 2.60. The second-order valence-electron chi connectivity index (χ2n) is 5.40. The summed E-state index contributed by atoms with van der Waals surface area (Å²) in [7, 11) is 1.72. The molecule has 2 heteroatoms. The highest BCUT2D eigenvalue weighted by Gasteiger charge is 2.54. The van der Waals surface area contributed by atoms with Gasteiger partial charge < -0.3 is 4.74 Å². The minimum atomic E-state index is 0.672. The van der Waals surface area contributed by atoms with Crippen molar-refractivity contribution in [3.63, 3.8) is 0 Å². The van der Waals surface area contributed by atoms with Gasteiger partial charge in [0.1, 0.15) is 5.75 Å². The Morgan fingerprint density at radius 2 is 1.88 bits per heavy atom. The van der Waals surface area contributed by atoms with Crippen LogP contribution in [-0.2, 0) is 6.42 Å². The van der Waals surface area contributed by atoms with E-state index in [2.05, 4.69) is 40.2 Å². The van der Waals surface area contributed by atoms with Crippen LogP contribution in [0.5, 0.6) is 5.75 Å². The normalized spacial score (nSPS) is 32.0. The van der Waals surface area contributed by atoms with Crippen LogP contribution in [0.25, 0.3) is 0 Å². The van der Waals surface area contributed by atoms with E-state index in [1.54, 1.807) is 7.11 Å². The van der Waals surface area contributed by atoms with Crippen molar-refractivity contribution in [3.8, 4) is 5.75 Å². The van der Waals surface area contributed by atoms with Gasteiger partial charge in [-0.2, -0.15) is 0 Å². The Hall–Kier alpha value is -0.500. The lowest BCUT2D eigenvalue weighted by molar-refractivity contribution is 0.414. The van der Waals surface area contributed by atoms with Crippen LogP contribution in [0, 0.1) is 17.8 Å². The first-order valence-electron chi connectivity index (χ1n) is 6.56. The number of benzene rings is 1. The van der Waals surface area contributed by atoms with Gasteiger partial charge in [0.25, 0.3) is 0 Å². The van der Waals surface area contributed by atoms with E-state index >= 15 is 0 Å². The van der Waals surface area contributed by atoms with Crippen molar-refractivity contribution in [1.29, 1.82) is 0 Å². The largest absolute Gasteiger partial charge is 0.497 e. The van der Waals surface area contributed by atoms with Gasteiger partial charge in [-0.3, -0.25) is 0 Å². The van der Waals surface area contributed by atoms with Gasteiger partial charge >= 0.3 is 0 Å². The van der Waals surface area contributed by atoms with Gasteiger partial charge in [0, 0.05) is 4.83 Å². The van der Waals surface area contributed by atoms with E-state index in [0.29, 0.717) is 4.83 Å². The molecule has 0 amide bonds. The summed E-state index contributed by atoms with van der Waals surface area (Å²) in [4.78, 5) is 0.672. The molecule has 2 fully saturated rings. The van der Waals surface area contributed by atoms with Gasteiger partial charge in [-0.25, -0.2) is 0 Å². The molecule has 1 nitrogen and oxygen atoms in total. The lowest BCUT2D eigenvalue weighted by Gasteiger charge is -2.12. The molecule has 0 saturated heterocycles. The molecule has 0 spiro atoms. The van der Waals surface area contributed by atoms with Gasteiger partial charge in [0.15, 0.2) is 0 Å². The minimum absolute atomic E-state index is 0.672. The fourth-order valence-electron chi connectivity index (χ4n) is 3.54. The molecule has 0 heterocycles. The Labute approximate surface area is 112 Å². The number of ether oxygens (including phenoxy) is 1. The van der Waals surface area contributed by atoms with E-state index in [4.69, 9.17) is 4.74 Å². The molecule has 0 radical (unpaired) electrons. The van der Waals surface area contributed by atoms with Crippen LogP contribution < -0.4 is 4.74 Å². The average molecular weight is 295 g/mol. The molecule has 1 aromatic rings. The third-order valence-electron chi connectivity index (χ3n) is 4.48. The molecule has 1 aromatic carbocycles. The molecule has 17 heavy (non-hydrogen) atoms. The zero-order valence-electron chi connectivity index (χ0n) is 10.2. The fourth-order valence-corrected chi connectivity index (χ4v) is 4.69. The lowest BCUT2D eigenvalue weighted by atomic mass is 10.0. The number of methoxy groups -OCH3 is 1. The first-order chi connectivity index (χ1) is 8.29. The Balaban J connectivity index is 1.59. The second-order valence-corrected chi connectivity index (χ2v) is 6.58. The monoisotopic (exact) mass is 294 g/mol. The van der Waals surface area contributed by atoms with Crippen LogP contribution in [0.4, 0.5) is 0 Å². The number of rotatable bonds is 4. The molecule has 3 rings (SSSR count). The molecular weight excluding hydrogens is 276 g/mol. The van der Waals surface area contributed by atoms with Crippen LogP contribution in [0.15, 0.2) is 24.3 Å². The molecule has 0 bridgehead atoms. The topological polar surface area (TPSA) is 9.23 Å². The smallest absolute Gasteiger partial charge is 0.118 e. The minimum Gasteiger partial charge on any atom is -0.497 e. The zero-order chi connectivity index (χ0) is 11.8. The number of halogens is 1. The summed E-state index contributed by atoms with van der Waals surface area (Å²) in [6, 6.07) is 8.49. The van der Waals surface area contributed by atoms with E-state index in [9.17, 15) is 0 Å². The van der Waals surface area contributed by atoms with Crippen molar-refractivity contribution in [2.45, 2.75) is 30.5 Å². The molecule has 92 valence electrons. The Morgan fingerprint density at radius 1 is 1.24 bits per heavy atom. The average Bonchev–Trinajstić information content (AvgIpc) is 2.85. The molecular formula is C15H19BrO. The van der Waals surface area contributed by atoms with Gasteiger partial charge in [-0.1, -0.05) is 34.5 Å². The maximum absolute atomic E-state index is 5.18. The van der Waals surface area contributed by atoms with Crippen LogP contribution in [0.2, 0.25) is 0 Å². The predicted molar refractivity (Wildman–Crippen MR) is 73.7 cm³/mol. The molecule has 0 N–H and O–H groups in total. The van der Waals surface area contributed by atoms with E-state index < -0.39 is 0 Å². The fraction of sp³-hybridized carbons (Fsp3) is 0.600. The second kappa shape index (κ2) is 4.64. The maximum atomic E-state index is 5.18. The van der Waals surface area contributed by atoms with E-state index in [0.717, 1.165) is 29.9 Å². The molecule has 0 aromatic heterocycles. The van der Waals surface area contributed by atoms with Gasteiger partial charge in [-0.15, -0.1) is 0 Å². The zero-order valence-corrected chi connectivity index (χ0v) is 11.8. The summed E-state index contributed by atoms with van der Waals surface area (Å²) in [6.45, 7) is 0. The molecule has 0 aliphatic heterocycles. The van der Waals surface area contributed by atoms with Crippen molar-refractivity contribution < 1.29 is 4.74 Å². The highest BCUT2D eigenvalue weighted by atomic mass is 79.9. The summed E-state index contributed by atoms with van der Waals surface area (Å²) < 4.78 is 5.18. The summed E-state index contributed by atoms with van der Waals surface area (Å²) in [5, 5.41) is 0. The summed E-state index contributed by atoms with van der Waals surface area (Å²) in [6.07, 6.45) is 5.57. The number of hydrogen-bond acceptors (Lipinski definition) is 1. The SMILES string of the molecule is COc1ccc(CC(Br)C2C3CCCC32)cc1. The van der Waals surface area contributed by atoms with Gasteiger partial charge in [0.05, 0.1) is 7.11 Å². The van der Waals surface area contributed by atoms with Crippen molar-refractivity contribution >= 4 is 15.9 Å². The van der Waals surface area contributed by atoms with Crippen molar-refractivity contribution in [3.05, 3.63) is 29.8 Å².